The van der Waals surface area contributed by atoms with Gasteiger partial charge in [-0.1, -0.05) is 12.2 Å². The van der Waals surface area contributed by atoms with Crippen molar-refractivity contribution in [2.45, 2.75) is 25.7 Å². The molecule has 0 aromatic heterocycles. The molecule has 1 fully saturated rings. The van der Waals surface area contributed by atoms with Gasteiger partial charge in [0.05, 0.1) is 0 Å². The molecule has 0 spiro atoms. The summed E-state index contributed by atoms with van der Waals surface area (Å²) in [4.78, 5) is 14.0. The van der Waals surface area contributed by atoms with E-state index in [0.29, 0.717) is 30.5 Å². The largest absolute Gasteiger partial charge is 0.371 e. The number of amides is 1. The first-order chi connectivity index (χ1) is 11.1. The van der Waals surface area contributed by atoms with E-state index < -0.39 is 11.6 Å². The molecule has 3 rings (SSSR count). The number of anilines is 1. The summed E-state index contributed by atoms with van der Waals surface area (Å²) < 4.78 is 26.3. The molecule has 1 amide bonds. The topological polar surface area (TPSA) is 32.3 Å². The van der Waals surface area contributed by atoms with Gasteiger partial charge in [-0.2, -0.15) is 0 Å². The predicted octanol–water partition coefficient (Wildman–Crippen LogP) is 3.26. The third kappa shape index (κ3) is 4.09. The van der Waals surface area contributed by atoms with Crippen LogP contribution in [0.3, 0.4) is 0 Å². The summed E-state index contributed by atoms with van der Waals surface area (Å²) in [5.74, 6) is -0.794. The molecule has 1 N–H and O–H groups in total. The van der Waals surface area contributed by atoms with Crippen LogP contribution in [0.5, 0.6) is 0 Å². The quantitative estimate of drug-likeness (QED) is 0.845. The normalized spacial score (nSPS) is 23.5. The lowest BCUT2D eigenvalue weighted by Crippen LogP contribution is -2.31. The average Bonchev–Trinajstić information content (AvgIpc) is 3.19. The number of nitrogens with zero attached hydrogens (tertiary/aromatic N) is 1. The molecule has 1 saturated heterocycles. The zero-order valence-electron chi connectivity index (χ0n) is 13.1. The van der Waals surface area contributed by atoms with E-state index in [1.165, 1.54) is 6.07 Å². The Morgan fingerprint density at radius 3 is 2.87 bits per heavy atom. The van der Waals surface area contributed by atoms with Crippen molar-refractivity contribution in [2.75, 3.05) is 24.5 Å². The van der Waals surface area contributed by atoms with Gasteiger partial charge in [0.2, 0.25) is 5.91 Å². The number of allylic oxidation sites excluding steroid dienone is 2. The highest BCUT2D eigenvalue weighted by atomic mass is 19.2. The van der Waals surface area contributed by atoms with Gasteiger partial charge in [-0.25, -0.2) is 8.78 Å². The Kier molecular flexibility index (Phi) is 4.94. The molecule has 0 radical (unpaired) electrons. The smallest absolute Gasteiger partial charge is 0.220 e. The van der Waals surface area contributed by atoms with Crippen LogP contribution >= 0.6 is 0 Å². The number of benzene rings is 1. The van der Waals surface area contributed by atoms with Gasteiger partial charge in [0, 0.05) is 37.8 Å². The van der Waals surface area contributed by atoms with Gasteiger partial charge < -0.3 is 10.2 Å². The zero-order valence-corrected chi connectivity index (χ0v) is 13.1. The summed E-state index contributed by atoms with van der Waals surface area (Å²) >= 11 is 0. The molecule has 0 bridgehead atoms. The molecule has 1 aliphatic heterocycles. The highest BCUT2D eigenvalue weighted by molar-refractivity contribution is 5.76. The SMILES string of the molecule is O=C(C[C@@H]1C=CCC1)NC[C@@H]1CCN(c2ccc(F)c(F)c2)C1. The number of carbonyl (C=O) groups is 1. The van der Waals surface area contributed by atoms with Gasteiger partial charge in [-0.15, -0.1) is 0 Å². The zero-order chi connectivity index (χ0) is 16.2. The third-order valence-electron chi connectivity index (χ3n) is 4.70. The maximum absolute atomic E-state index is 13.3. The maximum Gasteiger partial charge on any atom is 0.220 e. The van der Waals surface area contributed by atoms with Gasteiger partial charge in [0.25, 0.3) is 0 Å². The molecule has 1 aromatic carbocycles. The van der Waals surface area contributed by atoms with E-state index in [2.05, 4.69) is 17.5 Å². The van der Waals surface area contributed by atoms with E-state index in [0.717, 1.165) is 38.4 Å². The molecule has 5 heteroatoms. The molecule has 1 aromatic rings. The van der Waals surface area contributed by atoms with Crippen LogP contribution in [-0.2, 0) is 4.79 Å². The molecule has 1 aliphatic carbocycles. The fourth-order valence-electron chi connectivity index (χ4n) is 3.35. The highest BCUT2D eigenvalue weighted by Gasteiger charge is 2.24. The number of halogens is 2. The first-order valence-electron chi connectivity index (χ1n) is 8.25. The Labute approximate surface area is 135 Å². The van der Waals surface area contributed by atoms with Crippen LogP contribution in [0.2, 0.25) is 0 Å². The minimum absolute atomic E-state index is 0.104. The number of hydrogen-bond acceptors (Lipinski definition) is 2. The van der Waals surface area contributed by atoms with Gasteiger partial charge in [-0.3, -0.25) is 4.79 Å². The van der Waals surface area contributed by atoms with E-state index >= 15 is 0 Å². The lowest BCUT2D eigenvalue weighted by molar-refractivity contribution is -0.121. The van der Waals surface area contributed by atoms with Crippen LogP contribution in [0.25, 0.3) is 0 Å². The molecule has 0 saturated carbocycles. The van der Waals surface area contributed by atoms with Crippen LogP contribution in [-0.4, -0.2) is 25.5 Å². The van der Waals surface area contributed by atoms with Crippen LogP contribution in [0.1, 0.15) is 25.7 Å². The standard InChI is InChI=1S/C18H22F2N2O/c19-16-6-5-15(10-17(16)20)22-8-7-14(12-22)11-21-18(23)9-13-3-1-2-4-13/h1,3,5-6,10,13-14H,2,4,7-9,11-12H2,(H,21,23)/t13-,14+/m1/s1. The molecule has 2 aliphatic rings. The lowest BCUT2D eigenvalue weighted by atomic mass is 10.0. The van der Waals surface area contributed by atoms with Crippen LogP contribution in [0, 0.1) is 23.5 Å². The summed E-state index contributed by atoms with van der Waals surface area (Å²) in [7, 11) is 0. The molecule has 1 heterocycles. The van der Waals surface area contributed by atoms with Crippen LogP contribution in [0.15, 0.2) is 30.4 Å². The first kappa shape index (κ1) is 16.0. The maximum atomic E-state index is 13.3. The fraction of sp³-hybridized carbons (Fsp3) is 0.500. The second-order valence-corrected chi connectivity index (χ2v) is 6.47. The number of carbonyl (C=O) groups excluding carboxylic acids is 1. The summed E-state index contributed by atoms with van der Waals surface area (Å²) in [6.07, 6.45) is 7.91. The van der Waals surface area contributed by atoms with Crippen molar-refractivity contribution < 1.29 is 13.6 Å². The molecular formula is C18H22F2N2O. The first-order valence-corrected chi connectivity index (χ1v) is 8.25. The van der Waals surface area contributed by atoms with Gasteiger partial charge >= 0.3 is 0 Å². The number of hydrogen-bond donors (Lipinski definition) is 1. The van der Waals surface area contributed by atoms with E-state index in [1.807, 2.05) is 4.90 Å². The van der Waals surface area contributed by atoms with Crippen LogP contribution in [0.4, 0.5) is 14.5 Å². The minimum atomic E-state index is -0.822. The van der Waals surface area contributed by atoms with Crippen molar-refractivity contribution in [3.05, 3.63) is 42.0 Å². The highest BCUT2D eigenvalue weighted by Crippen LogP contribution is 2.25. The predicted molar refractivity (Wildman–Crippen MR) is 86.2 cm³/mol. The molecule has 23 heavy (non-hydrogen) atoms. The second-order valence-electron chi connectivity index (χ2n) is 6.47. The fourth-order valence-corrected chi connectivity index (χ4v) is 3.35. The number of rotatable bonds is 5. The summed E-state index contributed by atoms with van der Waals surface area (Å²) in [6.45, 7) is 2.21. The van der Waals surface area contributed by atoms with Crippen molar-refractivity contribution in [2.24, 2.45) is 11.8 Å². The molecule has 2 atom stereocenters. The molecule has 124 valence electrons. The third-order valence-corrected chi connectivity index (χ3v) is 4.70. The van der Waals surface area contributed by atoms with Crippen molar-refractivity contribution in [3.63, 3.8) is 0 Å². The van der Waals surface area contributed by atoms with Crippen molar-refractivity contribution in [1.82, 2.24) is 5.32 Å². The average molecular weight is 320 g/mol. The number of nitrogens with one attached hydrogen (secondary N) is 1. The Morgan fingerprint density at radius 1 is 1.26 bits per heavy atom. The van der Waals surface area contributed by atoms with E-state index in [4.69, 9.17) is 0 Å². The van der Waals surface area contributed by atoms with E-state index in [1.54, 1.807) is 6.07 Å². The van der Waals surface area contributed by atoms with E-state index in [-0.39, 0.29) is 5.91 Å². The van der Waals surface area contributed by atoms with Gasteiger partial charge in [-0.05, 0) is 43.2 Å². The summed E-state index contributed by atoms with van der Waals surface area (Å²) in [6, 6.07) is 4.00. The molecule has 0 unspecified atom stereocenters. The van der Waals surface area contributed by atoms with Crippen molar-refractivity contribution in [3.8, 4) is 0 Å². The monoisotopic (exact) mass is 320 g/mol. The summed E-state index contributed by atoms with van der Waals surface area (Å²) in [5.41, 5.74) is 0.703. The van der Waals surface area contributed by atoms with Crippen LogP contribution < -0.4 is 10.2 Å². The Hall–Kier alpha value is -1.91. The van der Waals surface area contributed by atoms with Crippen molar-refractivity contribution in [1.29, 1.82) is 0 Å². The lowest BCUT2D eigenvalue weighted by Gasteiger charge is -2.19. The molecular weight excluding hydrogens is 298 g/mol. The van der Waals surface area contributed by atoms with Crippen molar-refractivity contribution >= 4 is 11.6 Å². The second kappa shape index (κ2) is 7.11. The summed E-state index contributed by atoms with van der Waals surface area (Å²) in [5, 5.41) is 3.01. The Balaban J connectivity index is 1.45. The van der Waals surface area contributed by atoms with Gasteiger partial charge in [0.1, 0.15) is 0 Å². The minimum Gasteiger partial charge on any atom is -0.371 e. The molecule has 3 nitrogen and oxygen atoms in total. The Morgan fingerprint density at radius 2 is 2.13 bits per heavy atom. The van der Waals surface area contributed by atoms with Gasteiger partial charge in [0.15, 0.2) is 11.6 Å². The van der Waals surface area contributed by atoms with E-state index in [9.17, 15) is 13.6 Å². The Bertz CT molecular complexity index is 603.